The number of rotatable bonds is 3. The monoisotopic (exact) mass is 330 g/mol. The predicted molar refractivity (Wildman–Crippen MR) is 94.9 cm³/mol. The quantitative estimate of drug-likeness (QED) is 0.470. The molecule has 5 rings (SSSR count). The number of pyridine rings is 1. The average molecular weight is 330 g/mol. The zero-order valence-electron chi connectivity index (χ0n) is 13.2. The summed E-state index contributed by atoms with van der Waals surface area (Å²) < 4.78 is 5.32. The van der Waals surface area contributed by atoms with Gasteiger partial charge in [-0.05, 0) is 18.2 Å². The summed E-state index contributed by atoms with van der Waals surface area (Å²) in [4.78, 5) is 12.2. The number of fused-ring (bicyclic) bond motifs is 3. The van der Waals surface area contributed by atoms with Crippen molar-refractivity contribution in [1.29, 1.82) is 0 Å². The Labute approximate surface area is 141 Å². The molecule has 0 atom stereocenters. The molecule has 4 N–H and O–H groups in total. The summed E-state index contributed by atoms with van der Waals surface area (Å²) in [5.41, 5.74) is 10.9. The van der Waals surface area contributed by atoms with Crippen molar-refractivity contribution in [3.8, 4) is 11.3 Å². The largest absolute Gasteiger partial charge is 0.449 e. The SMILES string of the molecule is Nc1nc2cc(-c3ccn[nH]3)ccc2c2[nH]c(Cc3ncco3)cc12. The third-order valence-corrected chi connectivity index (χ3v) is 4.29. The molecule has 0 amide bonds. The van der Waals surface area contributed by atoms with Gasteiger partial charge in [0, 0.05) is 28.2 Å². The summed E-state index contributed by atoms with van der Waals surface area (Å²) in [6.07, 6.45) is 5.51. The molecule has 0 radical (unpaired) electrons. The van der Waals surface area contributed by atoms with Gasteiger partial charge in [-0.15, -0.1) is 0 Å². The van der Waals surface area contributed by atoms with Gasteiger partial charge in [0.1, 0.15) is 12.1 Å². The Bertz CT molecular complexity index is 1170. The van der Waals surface area contributed by atoms with Gasteiger partial charge in [-0.3, -0.25) is 5.10 Å². The molecule has 0 saturated heterocycles. The first-order chi connectivity index (χ1) is 12.3. The fourth-order valence-electron chi connectivity index (χ4n) is 3.13. The first kappa shape index (κ1) is 13.8. The van der Waals surface area contributed by atoms with Gasteiger partial charge in [0.25, 0.3) is 0 Å². The van der Waals surface area contributed by atoms with Crippen molar-refractivity contribution in [2.45, 2.75) is 6.42 Å². The standard InChI is InChI=1S/C18H14N6O/c19-18-13-8-11(9-16-20-5-6-25-16)22-17(13)12-2-1-10(7-15(12)23-18)14-3-4-21-24-14/h1-8,22H,9H2,(H2,19,23)(H,21,24). The topological polar surface area (TPSA) is 109 Å². The number of nitrogens with zero attached hydrogens (tertiary/aromatic N) is 3. The first-order valence-electron chi connectivity index (χ1n) is 7.87. The number of nitrogen functional groups attached to an aromatic ring is 1. The molecule has 0 aliphatic heterocycles. The fourth-order valence-corrected chi connectivity index (χ4v) is 3.13. The van der Waals surface area contributed by atoms with E-state index in [1.54, 1.807) is 18.7 Å². The fraction of sp³-hybridized carbons (Fsp3) is 0.0556. The van der Waals surface area contributed by atoms with Gasteiger partial charge in [0.2, 0.25) is 0 Å². The molecule has 4 heterocycles. The van der Waals surface area contributed by atoms with Crippen molar-refractivity contribution in [2.75, 3.05) is 5.73 Å². The zero-order valence-corrected chi connectivity index (χ0v) is 13.2. The van der Waals surface area contributed by atoms with Crippen LogP contribution in [0.3, 0.4) is 0 Å². The number of aromatic amines is 2. The van der Waals surface area contributed by atoms with Crippen LogP contribution < -0.4 is 5.73 Å². The van der Waals surface area contributed by atoms with Crippen molar-refractivity contribution in [2.24, 2.45) is 0 Å². The Morgan fingerprint density at radius 2 is 2.04 bits per heavy atom. The van der Waals surface area contributed by atoms with E-state index in [0.717, 1.165) is 38.8 Å². The number of oxazole rings is 1. The number of hydrogen-bond acceptors (Lipinski definition) is 5. The van der Waals surface area contributed by atoms with E-state index < -0.39 is 0 Å². The summed E-state index contributed by atoms with van der Waals surface area (Å²) in [7, 11) is 0. The minimum atomic E-state index is 0.499. The molecule has 0 spiro atoms. The zero-order chi connectivity index (χ0) is 16.8. The normalized spacial score (nSPS) is 11.5. The highest BCUT2D eigenvalue weighted by Gasteiger charge is 2.12. The first-order valence-corrected chi connectivity index (χ1v) is 7.87. The summed E-state index contributed by atoms with van der Waals surface area (Å²) in [6, 6.07) is 10.0. The molecule has 0 bridgehead atoms. The van der Waals surface area contributed by atoms with Crippen LogP contribution in [-0.2, 0) is 6.42 Å². The third kappa shape index (κ3) is 2.25. The van der Waals surface area contributed by atoms with Crippen molar-refractivity contribution < 1.29 is 4.42 Å². The van der Waals surface area contributed by atoms with E-state index in [1.165, 1.54) is 0 Å². The molecule has 7 heteroatoms. The van der Waals surface area contributed by atoms with E-state index in [4.69, 9.17) is 10.2 Å². The van der Waals surface area contributed by atoms with Crippen LogP contribution in [0.1, 0.15) is 11.6 Å². The molecule has 122 valence electrons. The number of anilines is 1. The number of nitrogens with two attached hydrogens (primary N) is 1. The molecule has 0 unspecified atom stereocenters. The van der Waals surface area contributed by atoms with E-state index in [1.807, 2.05) is 30.3 Å². The second-order valence-electron chi connectivity index (χ2n) is 5.89. The molecule has 25 heavy (non-hydrogen) atoms. The van der Waals surface area contributed by atoms with Crippen molar-refractivity contribution in [3.63, 3.8) is 0 Å². The highest BCUT2D eigenvalue weighted by Crippen LogP contribution is 2.31. The molecule has 7 nitrogen and oxygen atoms in total. The Kier molecular flexibility index (Phi) is 2.87. The molecular formula is C18H14N6O. The molecule has 5 aromatic rings. The average Bonchev–Trinajstić information content (AvgIpc) is 3.36. The summed E-state index contributed by atoms with van der Waals surface area (Å²) in [6.45, 7) is 0. The minimum Gasteiger partial charge on any atom is -0.449 e. The minimum absolute atomic E-state index is 0.499. The van der Waals surface area contributed by atoms with Gasteiger partial charge in [-0.1, -0.05) is 12.1 Å². The molecule has 0 fully saturated rings. The van der Waals surface area contributed by atoms with Crippen molar-refractivity contribution >= 4 is 27.6 Å². The van der Waals surface area contributed by atoms with Crippen LogP contribution >= 0.6 is 0 Å². The van der Waals surface area contributed by atoms with E-state index in [9.17, 15) is 0 Å². The Balaban J connectivity index is 1.67. The van der Waals surface area contributed by atoms with Gasteiger partial charge in [0.15, 0.2) is 5.89 Å². The molecular weight excluding hydrogens is 316 g/mol. The molecule has 0 saturated carbocycles. The van der Waals surface area contributed by atoms with E-state index in [-0.39, 0.29) is 0 Å². The van der Waals surface area contributed by atoms with Crippen LogP contribution in [0.5, 0.6) is 0 Å². The van der Waals surface area contributed by atoms with Crippen LogP contribution in [0.2, 0.25) is 0 Å². The van der Waals surface area contributed by atoms with Gasteiger partial charge in [0.05, 0.1) is 29.3 Å². The number of aromatic nitrogens is 5. The van der Waals surface area contributed by atoms with Crippen LogP contribution in [-0.4, -0.2) is 25.1 Å². The Morgan fingerprint density at radius 1 is 1.08 bits per heavy atom. The van der Waals surface area contributed by atoms with Crippen molar-refractivity contribution in [3.05, 3.63) is 60.6 Å². The lowest BCUT2D eigenvalue weighted by atomic mass is 10.1. The molecule has 0 aliphatic rings. The number of benzene rings is 1. The molecule has 1 aromatic carbocycles. The summed E-state index contributed by atoms with van der Waals surface area (Å²) in [5, 5.41) is 8.88. The van der Waals surface area contributed by atoms with Gasteiger partial charge < -0.3 is 15.1 Å². The smallest absolute Gasteiger partial charge is 0.199 e. The van der Waals surface area contributed by atoms with Crippen LogP contribution in [0.4, 0.5) is 5.82 Å². The second kappa shape index (κ2) is 5.20. The Hall–Kier alpha value is -3.61. The molecule has 0 aliphatic carbocycles. The van der Waals surface area contributed by atoms with Gasteiger partial charge in [-0.2, -0.15) is 5.10 Å². The third-order valence-electron chi connectivity index (χ3n) is 4.29. The van der Waals surface area contributed by atoms with Gasteiger partial charge in [-0.25, -0.2) is 9.97 Å². The van der Waals surface area contributed by atoms with Crippen LogP contribution in [0.15, 0.2) is 53.4 Å². The molecule has 4 aromatic heterocycles. The van der Waals surface area contributed by atoms with E-state index in [0.29, 0.717) is 18.1 Å². The van der Waals surface area contributed by atoms with E-state index in [2.05, 4.69) is 25.1 Å². The predicted octanol–water partition coefficient (Wildman–Crippen LogP) is 3.27. The maximum atomic E-state index is 6.19. The highest BCUT2D eigenvalue weighted by atomic mass is 16.3. The number of nitrogens with one attached hydrogen (secondary N) is 2. The van der Waals surface area contributed by atoms with Crippen molar-refractivity contribution in [1.82, 2.24) is 25.1 Å². The maximum absolute atomic E-state index is 6.19. The summed E-state index contributed by atoms with van der Waals surface area (Å²) in [5.74, 6) is 1.16. The van der Waals surface area contributed by atoms with Crippen LogP contribution in [0, 0.1) is 0 Å². The second-order valence-corrected chi connectivity index (χ2v) is 5.89. The highest BCUT2D eigenvalue weighted by molar-refractivity contribution is 6.08. The lowest BCUT2D eigenvalue weighted by Crippen LogP contribution is -1.92. The Morgan fingerprint density at radius 3 is 2.84 bits per heavy atom. The van der Waals surface area contributed by atoms with E-state index >= 15 is 0 Å². The van der Waals surface area contributed by atoms with Gasteiger partial charge >= 0.3 is 0 Å². The summed E-state index contributed by atoms with van der Waals surface area (Å²) >= 11 is 0. The lowest BCUT2D eigenvalue weighted by Gasteiger charge is -2.04. The number of H-pyrrole nitrogens is 2. The lowest BCUT2D eigenvalue weighted by molar-refractivity contribution is 0.505. The number of hydrogen-bond donors (Lipinski definition) is 3. The maximum Gasteiger partial charge on any atom is 0.199 e. The van der Waals surface area contributed by atoms with Crippen LogP contribution in [0.25, 0.3) is 33.1 Å².